The van der Waals surface area contributed by atoms with Crippen LogP contribution < -0.4 is 10.6 Å². The van der Waals surface area contributed by atoms with Gasteiger partial charge in [-0.2, -0.15) is 0 Å². The summed E-state index contributed by atoms with van der Waals surface area (Å²) in [6.07, 6.45) is 8.11. The van der Waals surface area contributed by atoms with Gasteiger partial charge in [0.15, 0.2) is 0 Å². The molecule has 0 radical (unpaired) electrons. The van der Waals surface area contributed by atoms with Crippen LogP contribution in [0.1, 0.15) is 66.2 Å². The van der Waals surface area contributed by atoms with Crippen LogP contribution >= 0.6 is 0 Å². The van der Waals surface area contributed by atoms with E-state index in [9.17, 15) is 0 Å². The molecule has 0 amide bonds. The highest BCUT2D eigenvalue weighted by Gasteiger charge is 2.31. The summed E-state index contributed by atoms with van der Waals surface area (Å²) in [6.45, 7) is 12.9. The Labute approximate surface area is 114 Å². The molecule has 108 valence electrons. The number of piperidine rings is 1. The lowest BCUT2D eigenvalue weighted by atomic mass is 9.77. The minimum atomic E-state index is 0.455. The monoisotopic (exact) mass is 254 g/mol. The molecule has 0 spiro atoms. The number of rotatable bonds is 8. The van der Waals surface area contributed by atoms with Crippen molar-refractivity contribution >= 4 is 0 Å². The zero-order valence-electron chi connectivity index (χ0n) is 13.0. The SMILES string of the molecule is CCCCC(CC)CNCC1NCCCC1(C)C. The molecule has 0 bridgehead atoms. The van der Waals surface area contributed by atoms with Crippen molar-refractivity contribution in [2.24, 2.45) is 11.3 Å². The van der Waals surface area contributed by atoms with E-state index < -0.39 is 0 Å². The van der Waals surface area contributed by atoms with Gasteiger partial charge in [-0.1, -0.05) is 47.0 Å². The zero-order valence-corrected chi connectivity index (χ0v) is 13.0. The second-order valence-electron chi connectivity index (χ2n) is 6.67. The molecule has 18 heavy (non-hydrogen) atoms. The second kappa shape index (κ2) is 8.16. The molecule has 0 aliphatic carbocycles. The Balaban J connectivity index is 2.22. The van der Waals surface area contributed by atoms with E-state index in [4.69, 9.17) is 0 Å². The summed E-state index contributed by atoms with van der Waals surface area (Å²) in [5, 5.41) is 7.39. The average molecular weight is 254 g/mol. The van der Waals surface area contributed by atoms with Crippen molar-refractivity contribution < 1.29 is 0 Å². The summed E-state index contributed by atoms with van der Waals surface area (Å²) in [4.78, 5) is 0. The van der Waals surface area contributed by atoms with Gasteiger partial charge in [0.25, 0.3) is 0 Å². The van der Waals surface area contributed by atoms with Crippen LogP contribution in [-0.2, 0) is 0 Å². The molecule has 1 fully saturated rings. The first-order chi connectivity index (χ1) is 8.60. The van der Waals surface area contributed by atoms with Crippen molar-refractivity contribution in [3.05, 3.63) is 0 Å². The standard InChI is InChI=1S/C16H34N2/c1-5-7-9-14(6-2)12-17-13-15-16(3,4)10-8-11-18-15/h14-15,17-18H,5-13H2,1-4H3. The van der Waals surface area contributed by atoms with Gasteiger partial charge in [-0.3, -0.25) is 0 Å². The van der Waals surface area contributed by atoms with Crippen LogP contribution in [0.15, 0.2) is 0 Å². The maximum atomic E-state index is 3.71. The van der Waals surface area contributed by atoms with E-state index >= 15 is 0 Å². The van der Waals surface area contributed by atoms with Crippen LogP contribution in [0, 0.1) is 11.3 Å². The molecule has 1 aliphatic heterocycles. The molecular weight excluding hydrogens is 220 g/mol. The molecule has 2 heteroatoms. The predicted molar refractivity (Wildman–Crippen MR) is 81.0 cm³/mol. The van der Waals surface area contributed by atoms with Crippen molar-refractivity contribution in [1.29, 1.82) is 0 Å². The van der Waals surface area contributed by atoms with Crippen molar-refractivity contribution in [2.75, 3.05) is 19.6 Å². The number of hydrogen-bond donors (Lipinski definition) is 2. The van der Waals surface area contributed by atoms with E-state index in [0.717, 1.165) is 12.5 Å². The highest BCUT2D eigenvalue weighted by atomic mass is 15.0. The zero-order chi connectivity index (χ0) is 13.4. The molecule has 1 saturated heterocycles. The Hall–Kier alpha value is -0.0800. The molecule has 2 unspecified atom stereocenters. The van der Waals surface area contributed by atoms with Gasteiger partial charge in [0.1, 0.15) is 0 Å². The van der Waals surface area contributed by atoms with Crippen LogP contribution in [0.25, 0.3) is 0 Å². The van der Waals surface area contributed by atoms with E-state index in [1.807, 2.05) is 0 Å². The Bertz CT molecular complexity index is 213. The summed E-state index contributed by atoms with van der Waals surface area (Å²) >= 11 is 0. The molecule has 2 N–H and O–H groups in total. The van der Waals surface area contributed by atoms with Crippen molar-refractivity contribution in [3.63, 3.8) is 0 Å². The number of unbranched alkanes of at least 4 members (excludes halogenated alkanes) is 1. The normalized spacial score (nSPS) is 25.0. The molecule has 1 aliphatic rings. The molecular formula is C16H34N2. The number of nitrogens with one attached hydrogen (secondary N) is 2. The minimum absolute atomic E-state index is 0.455. The molecule has 0 saturated carbocycles. The summed E-state index contributed by atoms with van der Waals surface area (Å²) in [7, 11) is 0. The van der Waals surface area contributed by atoms with Gasteiger partial charge in [-0.25, -0.2) is 0 Å². The Kier molecular flexibility index (Phi) is 7.25. The highest BCUT2D eigenvalue weighted by molar-refractivity contribution is 4.89. The third-order valence-electron chi connectivity index (χ3n) is 4.66. The summed E-state index contributed by atoms with van der Waals surface area (Å²) in [6, 6.07) is 0.648. The van der Waals surface area contributed by atoms with Gasteiger partial charge >= 0.3 is 0 Å². The summed E-state index contributed by atoms with van der Waals surface area (Å²) in [5.74, 6) is 0.872. The van der Waals surface area contributed by atoms with Gasteiger partial charge in [-0.15, -0.1) is 0 Å². The average Bonchev–Trinajstić information content (AvgIpc) is 2.35. The first-order valence-corrected chi connectivity index (χ1v) is 8.04. The first kappa shape index (κ1) is 16.0. The maximum absolute atomic E-state index is 3.71. The highest BCUT2D eigenvalue weighted by Crippen LogP contribution is 2.29. The fraction of sp³-hybridized carbons (Fsp3) is 1.00. The maximum Gasteiger partial charge on any atom is 0.0243 e. The van der Waals surface area contributed by atoms with Crippen LogP contribution in [0.5, 0.6) is 0 Å². The molecule has 1 heterocycles. The van der Waals surface area contributed by atoms with Gasteiger partial charge < -0.3 is 10.6 Å². The summed E-state index contributed by atoms with van der Waals surface area (Å²) < 4.78 is 0. The number of hydrogen-bond acceptors (Lipinski definition) is 2. The predicted octanol–water partition coefficient (Wildman–Crippen LogP) is 3.57. The lowest BCUT2D eigenvalue weighted by Gasteiger charge is -2.39. The van der Waals surface area contributed by atoms with Crippen molar-refractivity contribution in [2.45, 2.75) is 72.3 Å². The van der Waals surface area contributed by atoms with E-state index in [1.54, 1.807) is 0 Å². The second-order valence-corrected chi connectivity index (χ2v) is 6.67. The van der Waals surface area contributed by atoms with Crippen LogP contribution in [-0.4, -0.2) is 25.7 Å². The quantitative estimate of drug-likeness (QED) is 0.692. The van der Waals surface area contributed by atoms with Gasteiger partial charge in [0.05, 0.1) is 0 Å². The lowest BCUT2D eigenvalue weighted by molar-refractivity contribution is 0.174. The fourth-order valence-electron chi connectivity index (χ4n) is 2.99. The molecule has 2 atom stereocenters. The molecule has 0 aromatic rings. The van der Waals surface area contributed by atoms with E-state index in [-0.39, 0.29) is 0 Å². The third kappa shape index (κ3) is 5.27. The lowest BCUT2D eigenvalue weighted by Crippen LogP contribution is -2.52. The van der Waals surface area contributed by atoms with Gasteiger partial charge in [0.2, 0.25) is 0 Å². The Morgan fingerprint density at radius 3 is 2.72 bits per heavy atom. The van der Waals surface area contributed by atoms with Crippen LogP contribution in [0.3, 0.4) is 0 Å². The Morgan fingerprint density at radius 1 is 1.33 bits per heavy atom. The summed E-state index contributed by atoms with van der Waals surface area (Å²) in [5.41, 5.74) is 0.455. The third-order valence-corrected chi connectivity index (χ3v) is 4.66. The molecule has 0 aromatic carbocycles. The van der Waals surface area contributed by atoms with Gasteiger partial charge in [0, 0.05) is 12.6 Å². The van der Waals surface area contributed by atoms with Crippen molar-refractivity contribution in [3.8, 4) is 0 Å². The van der Waals surface area contributed by atoms with E-state index in [2.05, 4.69) is 38.3 Å². The Morgan fingerprint density at radius 2 is 2.11 bits per heavy atom. The molecule has 0 aromatic heterocycles. The topological polar surface area (TPSA) is 24.1 Å². The first-order valence-electron chi connectivity index (χ1n) is 8.04. The van der Waals surface area contributed by atoms with Crippen molar-refractivity contribution in [1.82, 2.24) is 10.6 Å². The smallest absolute Gasteiger partial charge is 0.0243 e. The molecule has 1 rings (SSSR count). The largest absolute Gasteiger partial charge is 0.315 e. The molecule has 2 nitrogen and oxygen atoms in total. The van der Waals surface area contributed by atoms with Gasteiger partial charge in [-0.05, 0) is 43.7 Å². The van der Waals surface area contributed by atoms with E-state index in [1.165, 1.54) is 51.6 Å². The van der Waals surface area contributed by atoms with Crippen LogP contribution in [0.2, 0.25) is 0 Å². The van der Waals surface area contributed by atoms with Crippen LogP contribution in [0.4, 0.5) is 0 Å². The fourth-order valence-corrected chi connectivity index (χ4v) is 2.99. The minimum Gasteiger partial charge on any atom is -0.315 e. The van der Waals surface area contributed by atoms with E-state index in [0.29, 0.717) is 11.5 Å².